The third kappa shape index (κ3) is 3.33. The molecule has 0 aliphatic carbocycles. The number of nitrogens with zero attached hydrogens (tertiary/aromatic N) is 3. The third-order valence-electron chi connectivity index (χ3n) is 3.85. The molecule has 0 unspecified atom stereocenters. The number of benzene rings is 1. The van der Waals surface area contributed by atoms with Crippen LogP contribution in [0.15, 0.2) is 24.3 Å². The molecule has 1 aromatic heterocycles. The van der Waals surface area contributed by atoms with Gasteiger partial charge in [-0.2, -0.15) is 5.10 Å². The van der Waals surface area contributed by atoms with Gasteiger partial charge in [0.1, 0.15) is 11.6 Å². The number of carbonyl (C=O) groups is 1. The highest BCUT2D eigenvalue weighted by molar-refractivity contribution is 5.75. The second kappa shape index (κ2) is 6.36. The van der Waals surface area contributed by atoms with E-state index in [1.807, 2.05) is 13.8 Å². The summed E-state index contributed by atoms with van der Waals surface area (Å²) >= 11 is 0. The predicted octanol–water partition coefficient (Wildman–Crippen LogP) is 2.87. The molecule has 2 N–H and O–H groups in total. The normalized spacial score (nSPS) is 17.7. The van der Waals surface area contributed by atoms with E-state index >= 15 is 0 Å². The molecule has 23 heavy (non-hydrogen) atoms. The first-order valence-electron chi connectivity index (χ1n) is 7.80. The SMILES string of the molecule is CC(C)NC(=O)N1CCC[C@H]1c1nc(-c2ccc(F)cc2)n[nH]1. The van der Waals surface area contributed by atoms with Crippen molar-refractivity contribution >= 4 is 6.03 Å². The number of amides is 2. The summed E-state index contributed by atoms with van der Waals surface area (Å²) in [5.74, 6) is 0.883. The highest BCUT2D eigenvalue weighted by Crippen LogP contribution is 2.30. The van der Waals surface area contributed by atoms with Gasteiger partial charge in [-0.15, -0.1) is 0 Å². The molecule has 0 saturated carbocycles. The van der Waals surface area contributed by atoms with E-state index in [1.54, 1.807) is 17.0 Å². The molecule has 2 amide bonds. The van der Waals surface area contributed by atoms with Gasteiger partial charge in [-0.25, -0.2) is 14.2 Å². The van der Waals surface area contributed by atoms with Gasteiger partial charge in [0.15, 0.2) is 5.82 Å². The summed E-state index contributed by atoms with van der Waals surface area (Å²) in [5, 5.41) is 10.0. The number of hydrogen-bond donors (Lipinski definition) is 2. The van der Waals surface area contributed by atoms with Crippen LogP contribution in [0.2, 0.25) is 0 Å². The molecule has 0 bridgehead atoms. The van der Waals surface area contributed by atoms with Crippen molar-refractivity contribution in [3.63, 3.8) is 0 Å². The molecule has 0 spiro atoms. The minimum atomic E-state index is -0.295. The van der Waals surface area contributed by atoms with Gasteiger partial charge in [0, 0.05) is 18.2 Å². The minimum absolute atomic E-state index is 0.0813. The molecular formula is C16H20FN5O. The van der Waals surface area contributed by atoms with Crippen LogP contribution in [-0.2, 0) is 0 Å². The Balaban J connectivity index is 1.79. The molecule has 122 valence electrons. The number of nitrogens with one attached hydrogen (secondary N) is 2. The third-order valence-corrected chi connectivity index (χ3v) is 3.85. The lowest BCUT2D eigenvalue weighted by Crippen LogP contribution is -2.42. The van der Waals surface area contributed by atoms with Crippen molar-refractivity contribution in [2.75, 3.05) is 6.54 Å². The van der Waals surface area contributed by atoms with Gasteiger partial charge in [0.25, 0.3) is 0 Å². The number of halogens is 1. The number of urea groups is 1. The lowest BCUT2D eigenvalue weighted by molar-refractivity contribution is 0.188. The molecule has 0 radical (unpaired) electrons. The standard InChI is InChI=1S/C16H20FN5O/c1-10(2)18-16(23)22-9-3-4-13(22)15-19-14(20-21-15)11-5-7-12(17)8-6-11/h5-8,10,13H,3-4,9H2,1-2H3,(H,18,23)(H,19,20,21)/t13-/m0/s1. The number of rotatable bonds is 3. The van der Waals surface area contributed by atoms with Crippen LogP contribution in [-0.4, -0.2) is 38.7 Å². The number of H-pyrrole nitrogens is 1. The molecular weight excluding hydrogens is 297 g/mol. The van der Waals surface area contributed by atoms with Crippen LogP contribution in [0.1, 0.15) is 38.6 Å². The van der Waals surface area contributed by atoms with Crippen LogP contribution < -0.4 is 5.32 Å². The van der Waals surface area contributed by atoms with Crippen LogP contribution >= 0.6 is 0 Å². The summed E-state index contributed by atoms with van der Waals surface area (Å²) in [7, 11) is 0. The predicted molar refractivity (Wildman–Crippen MR) is 84.1 cm³/mol. The molecule has 2 aromatic rings. The second-order valence-electron chi connectivity index (χ2n) is 6.01. The Bertz CT molecular complexity index is 682. The summed E-state index contributed by atoms with van der Waals surface area (Å²) in [5.41, 5.74) is 0.741. The van der Waals surface area contributed by atoms with Crippen molar-refractivity contribution in [1.29, 1.82) is 0 Å². The van der Waals surface area contributed by atoms with Crippen LogP contribution in [0.5, 0.6) is 0 Å². The fraction of sp³-hybridized carbons (Fsp3) is 0.438. The minimum Gasteiger partial charge on any atom is -0.336 e. The summed E-state index contributed by atoms with van der Waals surface area (Å²) in [6.07, 6.45) is 1.78. The van der Waals surface area contributed by atoms with Crippen molar-refractivity contribution in [2.24, 2.45) is 0 Å². The Labute approximate surface area is 134 Å². The highest BCUT2D eigenvalue weighted by atomic mass is 19.1. The molecule has 3 rings (SSSR count). The van der Waals surface area contributed by atoms with E-state index in [2.05, 4.69) is 20.5 Å². The van der Waals surface area contributed by atoms with Gasteiger partial charge in [-0.3, -0.25) is 5.10 Å². The van der Waals surface area contributed by atoms with Crippen LogP contribution in [0, 0.1) is 5.82 Å². The largest absolute Gasteiger partial charge is 0.336 e. The zero-order valence-corrected chi connectivity index (χ0v) is 13.2. The lowest BCUT2D eigenvalue weighted by Gasteiger charge is -2.24. The van der Waals surface area contributed by atoms with Gasteiger partial charge >= 0.3 is 6.03 Å². The zero-order chi connectivity index (χ0) is 16.4. The Morgan fingerprint density at radius 2 is 2.13 bits per heavy atom. The molecule has 1 atom stereocenters. The highest BCUT2D eigenvalue weighted by Gasteiger charge is 2.32. The summed E-state index contributed by atoms with van der Waals surface area (Å²) in [6, 6.07) is 5.94. The fourth-order valence-corrected chi connectivity index (χ4v) is 2.78. The van der Waals surface area contributed by atoms with E-state index in [9.17, 15) is 9.18 Å². The molecule has 1 aromatic carbocycles. The first-order chi connectivity index (χ1) is 11.0. The number of likely N-dealkylation sites (tertiary alicyclic amines) is 1. The zero-order valence-electron chi connectivity index (χ0n) is 13.2. The molecule has 1 saturated heterocycles. The molecule has 6 nitrogen and oxygen atoms in total. The van der Waals surface area contributed by atoms with Crippen LogP contribution in [0.25, 0.3) is 11.4 Å². The molecule has 2 heterocycles. The van der Waals surface area contributed by atoms with Crippen LogP contribution in [0.4, 0.5) is 9.18 Å². The van der Waals surface area contributed by atoms with Gasteiger partial charge in [-0.05, 0) is 51.0 Å². The van der Waals surface area contributed by atoms with Crippen molar-refractivity contribution in [1.82, 2.24) is 25.4 Å². The molecule has 1 aliphatic rings. The average Bonchev–Trinajstić information content (AvgIpc) is 3.16. The maximum absolute atomic E-state index is 13.0. The van der Waals surface area contributed by atoms with E-state index in [1.165, 1.54) is 12.1 Å². The Kier molecular flexibility index (Phi) is 4.27. The number of aromatic nitrogens is 3. The summed E-state index contributed by atoms with van der Waals surface area (Å²) in [6.45, 7) is 4.57. The molecule has 1 fully saturated rings. The molecule has 7 heteroatoms. The molecule has 1 aliphatic heterocycles. The van der Waals surface area contributed by atoms with E-state index in [0.717, 1.165) is 18.4 Å². The van der Waals surface area contributed by atoms with Crippen molar-refractivity contribution in [3.8, 4) is 11.4 Å². The first kappa shape index (κ1) is 15.5. The number of carbonyl (C=O) groups excluding carboxylic acids is 1. The maximum Gasteiger partial charge on any atom is 0.318 e. The van der Waals surface area contributed by atoms with E-state index in [4.69, 9.17) is 0 Å². The monoisotopic (exact) mass is 317 g/mol. The van der Waals surface area contributed by atoms with Crippen LogP contribution in [0.3, 0.4) is 0 Å². The summed E-state index contributed by atoms with van der Waals surface area (Å²) in [4.78, 5) is 18.5. The smallest absolute Gasteiger partial charge is 0.318 e. The van der Waals surface area contributed by atoms with E-state index in [0.29, 0.717) is 18.2 Å². The van der Waals surface area contributed by atoms with Crippen molar-refractivity contribution in [3.05, 3.63) is 35.9 Å². The topological polar surface area (TPSA) is 73.9 Å². The first-order valence-corrected chi connectivity index (χ1v) is 7.80. The van der Waals surface area contributed by atoms with Gasteiger partial charge < -0.3 is 10.2 Å². The Hall–Kier alpha value is -2.44. The van der Waals surface area contributed by atoms with Gasteiger partial charge in [0.05, 0.1) is 6.04 Å². The number of aromatic amines is 1. The van der Waals surface area contributed by atoms with E-state index in [-0.39, 0.29) is 23.9 Å². The van der Waals surface area contributed by atoms with Gasteiger partial charge in [-0.1, -0.05) is 0 Å². The average molecular weight is 317 g/mol. The lowest BCUT2D eigenvalue weighted by atomic mass is 10.2. The van der Waals surface area contributed by atoms with Crippen molar-refractivity contribution < 1.29 is 9.18 Å². The second-order valence-corrected chi connectivity index (χ2v) is 6.01. The Morgan fingerprint density at radius 1 is 1.39 bits per heavy atom. The summed E-state index contributed by atoms with van der Waals surface area (Å²) < 4.78 is 13.0. The quantitative estimate of drug-likeness (QED) is 0.914. The van der Waals surface area contributed by atoms with Gasteiger partial charge in [0.2, 0.25) is 0 Å². The Morgan fingerprint density at radius 3 is 2.83 bits per heavy atom. The maximum atomic E-state index is 13.0. The fourth-order valence-electron chi connectivity index (χ4n) is 2.78. The van der Waals surface area contributed by atoms with E-state index < -0.39 is 0 Å². The number of hydrogen-bond acceptors (Lipinski definition) is 3. The van der Waals surface area contributed by atoms with Crippen molar-refractivity contribution in [2.45, 2.75) is 38.8 Å².